The molecule has 63 valence electrons. The number of hydrogen-bond acceptors (Lipinski definition) is 3. The normalized spacial score (nSPS) is 8.70. The van der Waals surface area contributed by atoms with E-state index in [-0.39, 0.29) is 13.2 Å². The fraction of sp³-hybridized carbons (Fsp3) is 1.00. The van der Waals surface area contributed by atoms with Crippen LogP contribution in [-0.2, 0) is 0 Å². The van der Waals surface area contributed by atoms with Crippen LogP contribution in [0.2, 0.25) is 0 Å². The van der Waals surface area contributed by atoms with Crippen LogP contribution >= 0.6 is 16.9 Å². The van der Waals surface area contributed by atoms with Crippen LogP contribution in [0.15, 0.2) is 0 Å². The summed E-state index contributed by atoms with van der Waals surface area (Å²) in [5, 5.41) is 24.0. The Hall–Kier alpha value is 2.13. The molecule has 0 atom stereocenters. The van der Waals surface area contributed by atoms with E-state index in [1.54, 1.807) is 0 Å². The van der Waals surface area contributed by atoms with Crippen molar-refractivity contribution in [1.29, 1.82) is 0 Å². The first-order valence-corrected chi connectivity index (χ1v) is 14.1. The van der Waals surface area contributed by atoms with Crippen molar-refractivity contribution in [3.8, 4) is 0 Å². The minimum absolute atomic E-state index is 0.365. The van der Waals surface area contributed by atoms with E-state index >= 15 is 0 Å². The quantitative estimate of drug-likeness (QED) is 0.683. The molecule has 0 spiro atoms. The Bertz CT molecular complexity index is 58.2. The monoisotopic (exact) mass is 337 g/mol. The molecule has 0 aliphatic carbocycles. The molecular formula is C3H8CeCl3O3. The van der Waals surface area contributed by atoms with Gasteiger partial charge in [-0.05, 0) is 0 Å². The van der Waals surface area contributed by atoms with Crippen LogP contribution in [0, 0.1) is 30.7 Å². The summed E-state index contributed by atoms with van der Waals surface area (Å²) < 4.78 is 0. The number of rotatable bonds is 2. The molecular weight excluding hydrogens is 331 g/mol. The molecule has 3 N–H and O–H groups in total. The van der Waals surface area contributed by atoms with Crippen LogP contribution < -0.4 is 0 Å². The van der Waals surface area contributed by atoms with Gasteiger partial charge >= 0.3 is 47.6 Å². The average Bonchev–Trinajstić information content (AvgIpc) is 1.85. The van der Waals surface area contributed by atoms with Crippen molar-refractivity contribution in [3.63, 3.8) is 0 Å². The van der Waals surface area contributed by atoms with E-state index < -0.39 is 36.8 Å². The van der Waals surface area contributed by atoms with Gasteiger partial charge in [0.25, 0.3) is 0 Å². The van der Waals surface area contributed by atoms with Crippen molar-refractivity contribution in [2.24, 2.45) is 0 Å². The summed E-state index contributed by atoms with van der Waals surface area (Å²) in [7, 11) is 0. The van der Waals surface area contributed by atoms with E-state index in [0.29, 0.717) is 0 Å². The van der Waals surface area contributed by atoms with Crippen molar-refractivity contribution >= 4 is 16.9 Å². The summed E-state index contributed by atoms with van der Waals surface area (Å²) in [6.45, 7) is -0.729. The third kappa shape index (κ3) is 22.5. The zero-order valence-electron chi connectivity index (χ0n) is 4.97. The van der Waals surface area contributed by atoms with Gasteiger partial charge in [0.2, 0.25) is 0 Å². The summed E-state index contributed by atoms with van der Waals surface area (Å²) in [5.74, 6) is 0. The third-order valence-corrected chi connectivity index (χ3v) is 0.421. The Labute approximate surface area is 80.8 Å². The molecule has 0 radical (unpaired) electrons. The second-order valence-corrected chi connectivity index (χ2v) is 15.1. The Morgan fingerprint density at radius 1 is 1.10 bits per heavy atom. The minimum atomic E-state index is -2.24. The number of aliphatic hydroxyl groups is 3. The SMILES string of the molecule is OCC(O)CO.[Cl][Ce]([Cl])[Cl]. The molecule has 0 bridgehead atoms. The van der Waals surface area contributed by atoms with Gasteiger partial charge in [-0.1, -0.05) is 0 Å². The standard InChI is InChI=1S/C3H8O3.Ce.3ClH/c4-1-3(6)2-5;;;;/h3-6H,1-2H2;;3*1H/q;+3;;;/p-3. The molecule has 7 heteroatoms. The van der Waals surface area contributed by atoms with E-state index in [4.69, 9.17) is 32.2 Å². The van der Waals surface area contributed by atoms with Gasteiger partial charge in [-0.25, -0.2) is 0 Å². The first-order valence-electron chi connectivity index (χ1n) is 2.27. The molecule has 3 nitrogen and oxygen atoms in total. The van der Waals surface area contributed by atoms with Gasteiger partial charge in [-0.2, -0.15) is 0 Å². The van der Waals surface area contributed by atoms with E-state index in [0.717, 1.165) is 0 Å². The Morgan fingerprint density at radius 3 is 1.30 bits per heavy atom. The molecule has 0 amide bonds. The summed E-state index contributed by atoms with van der Waals surface area (Å²) in [5.41, 5.74) is 15.1. The van der Waals surface area contributed by atoms with E-state index in [1.807, 2.05) is 0 Å². The van der Waals surface area contributed by atoms with Crippen LogP contribution in [0.1, 0.15) is 0 Å². The second kappa shape index (κ2) is 11.1. The number of aliphatic hydroxyl groups excluding tert-OH is 3. The molecule has 0 aromatic heterocycles. The van der Waals surface area contributed by atoms with Gasteiger partial charge in [0.15, 0.2) is 0 Å². The Morgan fingerprint density at radius 2 is 1.30 bits per heavy atom. The predicted octanol–water partition coefficient (Wildman–Crippen LogP) is 0.400. The van der Waals surface area contributed by atoms with Crippen molar-refractivity contribution in [1.82, 2.24) is 0 Å². The second-order valence-electron chi connectivity index (χ2n) is 1.23. The van der Waals surface area contributed by atoms with Gasteiger partial charge < -0.3 is 15.3 Å². The van der Waals surface area contributed by atoms with Crippen molar-refractivity contribution < 1.29 is 46.0 Å². The molecule has 0 aromatic carbocycles. The van der Waals surface area contributed by atoms with Crippen LogP contribution in [0.3, 0.4) is 0 Å². The fourth-order valence-corrected chi connectivity index (χ4v) is 0.0577. The molecule has 0 saturated carbocycles. The molecule has 0 fully saturated rings. The van der Waals surface area contributed by atoms with Gasteiger partial charge in [0.1, 0.15) is 6.10 Å². The molecule has 0 aromatic rings. The Kier molecular flexibility index (Phi) is 16.3. The van der Waals surface area contributed by atoms with Crippen molar-refractivity contribution in [2.75, 3.05) is 13.2 Å². The first-order chi connectivity index (χ1) is 4.54. The van der Waals surface area contributed by atoms with Gasteiger partial charge in [0, 0.05) is 0 Å². The van der Waals surface area contributed by atoms with Gasteiger partial charge in [-0.15, -0.1) is 0 Å². The summed E-state index contributed by atoms with van der Waals surface area (Å²) >= 11 is -2.24. The first kappa shape index (κ1) is 14.6. The van der Waals surface area contributed by atoms with E-state index in [9.17, 15) is 0 Å². The van der Waals surface area contributed by atoms with E-state index in [1.165, 1.54) is 0 Å². The summed E-state index contributed by atoms with van der Waals surface area (Å²) in [4.78, 5) is 0. The van der Waals surface area contributed by atoms with E-state index in [2.05, 4.69) is 0 Å². The van der Waals surface area contributed by atoms with Gasteiger partial charge in [-0.3, -0.25) is 0 Å². The zero-order chi connectivity index (χ0) is 8.57. The van der Waals surface area contributed by atoms with Crippen LogP contribution in [0.5, 0.6) is 0 Å². The van der Waals surface area contributed by atoms with Crippen LogP contribution in [0.4, 0.5) is 0 Å². The average molecular weight is 339 g/mol. The molecule has 10 heavy (non-hydrogen) atoms. The van der Waals surface area contributed by atoms with Crippen LogP contribution in [0.25, 0.3) is 0 Å². The molecule has 0 saturated heterocycles. The van der Waals surface area contributed by atoms with Crippen molar-refractivity contribution in [3.05, 3.63) is 0 Å². The topological polar surface area (TPSA) is 60.7 Å². The van der Waals surface area contributed by atoms with Gasteiger partial charge in [0.05, 0.1) is 13.2 Å². The zero-order valence-corrected chi connectivity index (χ0v) is 10.4. The maximum atomic E-state index is 8.17. The number of hydrogen-bond donors (Lipinski definition) is 3. The molecule has 0 aliphatic heterocycles. The van der Waals surface area contributed by atoms with Crippen molar-refractivity contribution in [2.45, 2.75) is 6.10 Å². The molecule has 0 rings (SSSR count). The molecule has 0 aliphatic rings. The third-order valence-electron chi connectivity index (χ3n) is 0.421. The summed E-state index contributed by atoms with van der Waals surface area (Å²) in [6, 6.07) is 0. The molecule has 0 unspecified atom stereocenters. The predicted molar refractivity (Wildman–Crippen MR) is 37.7 cm³/mol. The number of halogens is 3. The van der Waals surface area contributed by atoms with Crippen LogP contribution in [-0.4, -0.2) is 34.6 Å². The Balaban J connectivity index is 0. The summed E-state index contributed by atoms with van der Waals surface area (Å²) in [6.07, 6.45) is -0.954. The maximum absolute atomic E-state index is 8.17. The molecule has 0 heterocycles. The fourth-order valence-electron chi connectivity index (χ4n) is 0.0577.